The molecule has 1 heterocycles. The van der Waals surface area contributed by atoms with Crippen LogP contribution in [0.5, 0.6) is 0 Å². The van der Waals surface area contributed by atoms with Crippen molar-refractivity contribution < 1.29 is 0 Å². The molecule has 0 N–H and O–H groups in total. The lowest BCUT2D eigenvalue weighted by Gasteiger charge is -2.35. The summed E-state index contributed by atoms with van der Waals surface area (Å²) in [5, 5.41) is 9.09. The highest BCUT2D eigenvalue weighted by Crippen LogP contribution is 2.34. The molecule has 0 spiro atoms. The van der Waals surface area contributed by atoms with E-state index in [-0.39, 0.29) is 5.41 Å². The van der Waals surface area contributed by atoms with Gasteiger partial charge >= 0.3 is 0 Å². The largest absolute Gasteiger partial charge is 0.306 e. The van der Waals surface area contributed by atoms with Gasteiger partial charge in [-0.15, -0.1) is 0 Å². The molecule has 0 saturated carbocycles. The Bertz CT molecular complexity index is 173. The maximum absolute atomic E-state index is 9.09. The molecule has 1 saturated heterocycles. The Kier molecular flexibility index (Phi) is 3.11. The number of hydrogen-bond acceptors (Lipinski definition) is 2. The Hall–Kier alpha value is -0.550. The van der Waals surface area contributed by atoms with Crippen LogP contribution in [0.4, 0.5) is 0 Å². The van der Waals surface area contributed by atoms with E-state index >= 15 is 0 Å². The average Bonchev–Trinajstić information content (AvgIpc) is 2.10. The molecular formula is C10H18N2. The molecule has 2 nitrogen and oxygen atoms in total. The zero-order chi connectivity index (χ0) is 9.03. The third kappa shape index (κ3) is 1.98. The molecule has 0 atom stereocenters. The van der Waals surface area contributed by atoms with E-state index in [1.165, 1.54) is 0 Å². The highest BCUT2D eigenvalue weighted by atomic mass is 15.1. The standard InChI is InChI=1S/C10H18N2/c1-3-4-10(9-11)5-7-12(2)8-6-10/h3-8H2,1-2H3. The van der Waals surface area contributed by atoms with Crippen molar-refractivity contribution in [3.8, 4) is 6.07 Å². The topological polar surface area (TPSA) is 27.0 Å². The third-order valence-electron chi connectivity index (χ3n) is 2.91. The second-order valence-corrected chi connectivity index (χ2v) is 3.95. The Labute approximate surface area is 75.2 Å². The third-order valence-corrected chi connectivity index (χ3v) is 2.91. The Morgan fingerprint density at radius 2 is 2.00 bits per heavy atom. The van der Waals surface area contributed by atoms with Crippen LogP contribution in [0.25, 0.3) is 0 Å². The molecule has 1 rings (SSSR count). The molecular weight excluding hydrogens is 148 g/mol. The monoisotopic (exact) mass is 166 g/mol. The maximum atomic E-state index is 9.09. The maximum Gasteiger partial charge on any atom is 0.0690 e. The normalized spacial score (nSPS) is 23.4. The minimum atomic E-state index is 0.0151. The van der Waals surface area contributed by atoms with E-state index in [0.717, 1.165) is 38.8 Å². The SMILES string of the molecule is CCCC1(C#N)CCN(C)CC1. The van der Waals surface area contributed by atoms with Crippen molar-refractivity contribution in [3.05, 3.63) is 0 Å². The molecule has 0 radical (unpaired) electrons. The van der Waals surface area contributed by atoms with Crippen molar-refractivity contribution in [2.75, 3.05) is 20.1 Å². The van der Waals surface area contributed by atoms with Crippen LogP contribution in [0.1, 0.15) is 32.6 Å². The second kappa shape index (κ2) is 3.91. The van der Waals surface area contributed by atoms with Gasteiger partial charge in [-0.05, 0) is 39.4 Å². The van der Waals surface area contributed by atoms with Crippen molar-refractivity contribution in [1.82, 2.24) is 4.90 Å². The highest BCUT2D eigenvalue weighted by molar-refractivity contribution is 5.01. The number of likely N-dealkylation sites (tertiary alicyclic amines) is 1. The summed E-state index contributed by atoms with van der Waals surface area (Å²) in [4.78, 5) is 2.31. The summed E-state index contributed by atoms with van der Waals surface area (Å²) in [6.45, 7) is 4.35. The van der Waals surface area contributed by atoms with Crippen LogP contribution in [-0.2, 0) is 0 Å². The molecule has 0 unspecified atom stereocenters. The van der Waals surface area contributed by atoms with Crippen molar-refractivity contribution >= 4 is 0 Å². The molecule has 68 valence electrons. The first-order valence-corrected chi connectivity index (χ1v) is 4.82. The number of nitriles is 1. The van der Waals surface area contributed by atoms with E-state index < -0.39 is 0 Å². The lowest BCUT2D eigenvalue weighted by molar-refractivity contribution is 0.161. The zero-order valence-electron chi connectivity index (χ0n) is 8.14. The van der Waals surface area contributed by atoms with Crippen molar-refractivity contribution in [3.63, 3.8) is 0 Å². The van der Waals surface area contributed by atoms with Gasteiger partial charge in [-0.25, -0.2) is 0 Å². The quantitative estimate of drug-likeness (QED) is 0.627. The minimum Gasteiger partial charge on any atom is -0.306 e. The predicted molar refractivity (Wildman–Crippen MR) is 49.7 cm³/mol. The molecule has 0 aromatic heterocycles. The van der Waals surface area contributed by atoms with Gasteiger partial charge < -0.3 is 4.90 Å². The first kappa shape index (κ1) is 9.54. The van der Waals surface area contributed by atoms with Crippen LogP contribution >= 0.6 is 0 Å². The summed E-state index contributed by atoms with van der Waals surface area (Å²) in [7, 11) is 2.13. The first-order chi connectivity index (χ1) is 5.72. The molecule has 12 heavy (non-hydrogen) atoms. The van der Waals surface area contributed by atoms with Crippen molar-refractivity contribution in [2.45, 2.75) is 32.6 Å². The fraction of sp³-hybridized carbons (Fsp3) is 0.900. The van der Waals surface area contributed by atoms with Gasteiger partial charge in [0.25, 0.3) is 0 Å². The fourth-order valence-electron chi connectivity index (χ4n) is 1.94. The number of rotatable bonds is 2. The summed E-state index contributed by atoms with van der Waals surface area (Å²) >= 11 is 0. The highest BCUT2D eigenvalue weighted by Gasteiger charge is 2.32. The summed E-state index contributed by atoms with van der Waals surface area (Å²) < 4.78 is 0. The van der Waals surface area contributed by atoms with Gasteiger partial charge in [0, 0.05) is 0 Å². The van der Waals surface area contributed by atoms with Gasteiger partial charge in [0.1, 0.15) is 0 Å². The van der Waals surface area contributed by atoms with Gasteiger partial charge in [0.05, 0.1) is 11.5 Å². The predicted octanol–water partition coefficient (Wildman–Crippen LogP) is 2.02. The molecule has 1 aliphatic heterocycles. The number of hydrogen-bond donors (Lipinski definition) is 0. The molecule has 0 aromatic carbocycles. The van der Waals surface area contributed by atoms with E-state index in [2.05, 4.69) is 24.9 Å². The van der Waals surface area contributed by atoms with E-state index in [1.54, 1.807) is 0 Å². The molecule has 2 heteroatoms. The van der Waals surface area contributed by atoms with E-state index in [4.69, 9.17) is 5.26 Å². The van der Waals surface area contributed by atoms with Crippen LogP contribution in [0.2, 0.25) is 0 Å². The molecule has 1 aliphatic rings. The van der Waals surface area contributed by atoms with E-state index in [9.17, 15) is 0 Å². The lowest BCUT2D eigenvalue weighted by Crippen LogP contribution is -2.37. The van der Waals surface area contributed by atoms with Crippen LogP contribution in [0, 0.1) is 16.7 Å². The molecule has 0 amide bonds. The molecule has 1 fully saturated rings. The first-order valence-electron chi connectivity index (χ1n) is 4.82. The van der Waals surface area contributed by atoms with Crippen LogP contribution in [0.15, 0.2) is 0 Å². The Balaban J connectivity index is 2.52. The van der Waals surface area contributed by atoms with Gasteiger partial charge in [-0.1, -0.05) is 13.3 Å². The van der Waals surface area contributed by atoms with Crippen molar-refractivity contribution in [2.24, 2.45) is 5.41 Å². The average molecular weight is 166 g/mol. The van der Waals surface area contributed by atoms with Gasteiger partial charge in [0.2, 0.25) is 0 Å². The van der Waals surface area contributed by atoms with Gasteiger partial charge in [-0.2, -0.15) is 5.26 Å². The molecule has 0 aliphatic carbocycles. The Morgan fingerprint density at radius 3 is 2.42 bits per heavy atom. The summed E-state index contributed by atoms with van der Waals surface area (Å²) in [5.74, 6) is 0. The van der Waals surface area contributed by atoms with Crippen molar-refractivity contribution in [1.29, 1.82) is 5.26 Å². The number of nitrogens with zero attached hydrogens (tertiary/aromatic N) is 2. The van der Waals surface area contributed by atoms with Gasteiger partial charge in [-0.3, -0.25) is 0 Å². The zero-order valence-corrected chi connectivity index (χ0v) is 8.14. The second-order valence-electron chi connectivity index (χ2n) is 3.95. The van der Waals surface area contributed by atoms with Crippen LogP contribution < -0.4 is 0 Å². The summed E-state index contributed by atoms with van der Waals surface area (Å²) in [6, 6.07) is 2.51. The van der Waals surface area contributed by atoms with Crippen LogP contribution in [-0.4, -0.2) is 25.0 Å². The smallest absolute Gasteiger partial charge is 0.0690 e. The van der Waals surface area contributed by atoms with E-state index in [1.807, 2.05) is 0 Å². The summed E-state index contributed by atoms with van der Waals surface area (Å²) in [5.41, 5.74) is 0.0151. The number of piperidine rings is 1. The van der Waals surface area contributed by atoms with Crippen LogP contribution in [0.3, 0.4) is 0 Å². The van der Waals surface area contributed by atoms with E-state index in [0.29, 0.717) is 0 Å². The molecule has 0 aromatic rings. The fourth-order valence-corrected chi connectivity index (χ4v) is 1.94. The minimum absolute atomic E-state index is 0.0151. The van der Waals surface area contributed by atoms with Gasteiger partial charge in [0.15, 0.2) is 0 Å². The lowest BCUT2D eigenvalue weighted by atomic mass is 9.76. The molecule has 0 bridgehead atoms. The Morgan fingerprint density at radius 1 is 1.42 bits per heavy atom. The summed E-state index contributed by atoms with van der Waals surface area (Å²) in [6.07, 6.45) is 4.34.